The lowest BCUT2D eigenvalue weighted by atomic mass is 10.2. The Morgan fingerprint density at radius 3 is 2.62 bits per heavy atom. The highest BCUT2D eigenvalue weighted by atomic mass is 32.2. The van der Waals surface area contributed by atoms with Gasteiger partial charge in [0.25, 0.3) is 5.91 Å². The first kappa shape index (κ1) is 16.5. The molecule has 4 nitrogen and oxygen atoms in total. The molecule has 0 fully saturated rings. The van der Waals surface area contributed by atoms with Gasteiger partial charge in [-0.2, -0.15) is 0 Å². The number of amides is 1. The summed E-state index contributed by atoms with van der Waals surface area (Å²) < 4.78 is 5.22. The van der Waals surface area contributed by atoms with Gasteiger partial charge in [0.05, 0.1) is 18.4 Å². The number of aromatic nitrogens is 1. The molecule has 0 radical (unpaired) electrons. The zero-order chi connectivity index (χ0) is 16.9. The van der Waals surface area contributed by atoms with Crippen molar-refractivity contribution in [2.45, 2.75) is 4.90 Å². The lowest BCUT2D eigenvalue weighted by Gasteiger charge is -2.07. The van der Waals surface area contributed by atoms with Crippen LogP contribution < -0.4 is 10.1 Å². The van der Waals surface area contributed by atoms with Gasteiger partial charge in [-0.25, -0.2) is 4.98 Å². The highest BCUT2D eigenvalue weighted by Crippen LogP contribution is 2.27. The zero-order valence-corrected chi connectivity index (χ0v) is 14.9. The first-order chi connectivity index (χ1) is 11.7. The van der Waals surface area contributed by atoms with E-state index in [9.17, 15) is 4.79 Å². The number of hydrogen-bond acceptors (Lipinski definition) is 5. The average molecular weight is 356 g/mol. The predicted molar refractivity (Wildman–Crippen MR) is 100 cm³/mol. The Labute approximate surface area is 148 Å². The lowest BCUT2D eigenvalue weighted by molar-refractivity contribution is 0.102. The third-order valence-corrected chi connectivity index (χ3v) is 4.96. The van der Waals surface area contributed by atoms with Gasteiger partial charge in [0.15, 0.2) is 5.13 Å². The fourth-order valence-corrected chi connectivity index (χ4v) is 3.35. The summed E-state index contributed by atoms with van der Waals surface area (Å²) in [4.78, 5) is 18.1. The van der Waals surface area contributed by atoms with Crippen LogP contribution in [0.5, 0.6) is 5.75 Å². The number of methoxy groups -OCH3 is 1. The van der Waals surface area contributed by atoms with Gasteiger partial charge in [-0.3, -0.25) is 10.1 Å². The van der Waals surface area contributed by atoms with Gasteiger partial charge in [-0.1, -0.05) is 24.3 Å². The number of nitrogens with zero attached hydrogens (tertiary/aromatic N) is 1. The van der Waals surface area contributed by atoms with Crippen molar-refractivity contribution in [3.63, 3.8) is 0 Å². The molecule has 1 amide bonds. The first-order valence-corrected chi connectivity index (χ1v) is 9.36. The van der Waals surface area contributed by atoms with E-state index in [1.165, 1.54) is 16.2 Å². The van der Waals surface area contributed by atoms with Crippen molar-refractivity contribution in [2.24, 2.45) is 0 Å². The summed E-state index contributed by atoms with van der Waals surface area (Å²) in [5.74, 6) is 0.311. The number of benzene rings is 2. The smallest absolute Gasteiger partial charge is 0.261 e. The average Bonchev–Trinajstić information content (AvgIpc) is 3.10. The van der Waals surface area contributed by atoms with Gasteiger partial charge in [-0.15, -0.1) is 23.1 Å². The maximum Gasteiger partial charge on any atom is 0.261 e. The van der Waals surface area contributed by atoms with Gasteiger partial charge in [0, 0.05) is 15.8 Å². The summed E-state index contributed by atoms with van der Waals surface area (Å²) in [7, 11) is 1.55. The van der Waals surface area contributed by atoms with Crippen LogP contribution >= 0.6 is 23.1 Å². The summed E-state index contributed by atoms with van der Waals surface area (Å²) >= 11 is 3.10. The number of para-hydroxylation sites is 1. The molecule has 3 aromatic rings. The molecule has 0 unspecified atom stereocenters. The highest BCUT2D eigenvalue weighted by Gasteiger charge is 2.13. The monoisotopic (exact) mass is 356 g/mol. The van der Waals surface area contributed by atoms with Crippen LogP contribution in [0.4, 0.5) is 5.13 Å². The minimum atomic E-state index is -0.230. The van der Waals surface area contributed by atoms with Crippen LogP contribution in [0, 0.1) is 0 Å². The van der Waals surface area contributed by atoms with Gasteiger partial charge in [-0.05, 0) is 30.5 Å². The zero-order valence-electron chi connectivity index (χ0n) is 13.3. The van der Waals surface area contributed by atoms with Gasteiger partial charge >= 0.3 is 0 Å². The maximum atomic E-state index is 12.4. The second kappa shape index (κ2) is 7.51. The van der Waals surface area contributed by atoms with Crippen LogP contribution in [0.2, 0.25) is 0 Å². The predicted octanol–water partition coefficient (Wildman–Crippen LogP) is 4.79. The molecule has 1 aromatic heterocycles. The van der Waals surface area contributed by atoms with Crippen LogP contribution in [0.1, 0.15) is 10.4 Å². The summed E-state index contributed by atoms with van der Waals surface area (Å²) in [6.45, 7) is 0. The minimum Gasteiger partial charge on any atom is -0.496 e. The number of nitrogens with one attached hydrogen (secondary N) is 1. The molecule has 0 aliphatic rings. The third kappa shape index (κ3) is 3.60. The Bertz CT molecular complexity index is 844. The topological polar surface area (TPSA) is 51.2 Å². The largest absolute Gasteiger partial charge is 0.496 e. The van der Waals surface area contributed by atoms with E-state index < -0.39 is 0 Å². The molecule has 0 saturated heterocycles. The first-order valence-electron chi connectivity index (χ1n) is 7.25. The van der Waals surface area contributed by atoms with Crippen molar-refractivity contribution in [3.05, 3.63) is 59.5 Å². The van der Waals surface area contributed by atoms with E-state index in [-0.39, 0.29) is 5.91 Å². The Morgan fingerprint density at radius 1 is 1.17 bits per heavy atom. The van der Waals surface area contributed by atoms with Crippen molar-refractivity contribution >= 4 is 34.1 Å². The Morgan fingerprint density at radius 2 is 1.92 bits per heavy atom. The van der Waals surface area contributed by atoms with Crippen molar-refractivity contribution in [1.82, 2.24) is 4.98 Å². The molecule has 0 atom stereocenters. The molecule has 0 bridgehead atoms. The van der Waals surface area contributed by atoms with E-state index in [1.807, 2.05) is 29.8 Å². The van der Waals surface area contributed by atoms with Crippen molar-refractivity contribution in [3.8, 4) is 17.0 Å². The van der Waals surface area contributed by atoms with Gasteiger partial charge < -0.3 is 4.74 Å². The number of thioether (sulfide) groups is 1. The number of rotatable bonds is 5. The summed E-state index contributed by atoms with van der Waals surface area (Å²) in [6, 6.07) is 15.3. The number of carbonyl (C=O) groups excluding carboxylic acids is 1. The highest BCUT2D eigenvalue weighted by molar-refractivity contribution is 7.98. The molecule has 1 heterocycles. The maximum absolute atomic E-state index is 12.4. The number of thiazole rings is 1. The normalized spacial score (nSPS) is 10.4. The van der Waals surface area contributed by atoms with E-state index in [0.29, 0.717) is 16.4 Å². The van der Waals surface area contributed by atoms with Crippen molar-refractivity contribution in [2.75, 3.05) is 18.7 Å². The lowest BCUT2D eigenvalue weighted by Crippen LogP contribution is -2.12. The van der Waals surface area contributed by atoms with E-state index in [1.54, 1.807) is 37.1 Å². The Kier molecular flexibility index (Phi) is 5.17. The summed E-state index contributed by atoms with van der Waals surface area (Å²) in [5.41, 5.74) is 2.37. The molecule has 0 spiro atoms. The van der Waals surface area contributed by atoms with Crippen LogP contribution in [-0.2, 0) is 0 Å². The van der Waals surface area contributed by atoms with Crippen LogP contribution in [0.25, 0.3) is 11.3 Å². The molecule has 2 aromatic carbocycles. The number of carbonyl (C=O) groups is 1. The standard InChI is InChI=1S/C18H16N2O2S2/c1-22-16-6-4-3-5-14(16)17(21)20-18-19-15(11-24-18)12-7-9-13(23-2)10-8-12/h3-11H,1-2H3,(H,19,20,21). The summed E-state index contributed by atoms with van der Waals surface area (Å²) in [6.07, 6.45) is 2.04. The fourth-order valence-electron chi connectivity index (χ4n) is 2.22. The van der Waals surface area contributed by atoms with E-state index in [2.05, 4.69) is 22.4 Å². The number of ether oxygens (including phenoxy) is 1. The molecule has 3 rings (SSSR count). The van der Waals surface area contributed by atoms with Crippen molar-refractivity contribution in [1.29, 1.82) is 0 Å². The third-order valence-electron chi connectivity index (χ3n) is 3.46. The Hall–Kier alpha value is -2.31. The van der Waals surface area contributed by atoms with E-state index >= 15 is 0 Å². The molecule has 1 N–H and O–H groups in total. The van der Waals surface area contributed by atoms with Gasteiger partial charge in [0.1, 0.15) is 5.75 Å². The van der Waals surface area contributed by atoms with Crippen molar-refractivity contribution < 1.29 is 9.53 Å². The van der Waals surface area contributed by atoms with Crippen LogP contribution in [-0.4, -0.2) is 24.3 Å². The molecule has 6 heteroatoms. The number of hydrogen-bond donors (Lipinski definition) is 1. The van der Waals surface area contributed by atoms with Gasteiger partial charge in [0.2, 0.25) is 0 Å². The molecular formula is C18H16N2O2S2. The number of anilines is 1. The second-order valence-electron chi connectivity index (χ2n) is 4.92. The molecule has 122 valence electrons. The SMILES string of the molecule is COc1ccccc1C(=O)Nc1nc(-c2ccc(SC)cc2)cs1. The Balaban J connectivity index is 1.77. The fraction of sp³-hybridized carbons (Fsp3) is 0.111. The molecule has 0 aliphatic carbocycles. The van der Waals surface area contributed by atoms with Crippen LogP contribution in [0.15, 0.2) is 58.8 Å². The van der Waals surface area contributed by atoms with E-state index in [4.69, 9.17) is 4.74 Å². The molecule has 24 heavy (non-hydrogen) atoms. The summed E-state index contributed by atoms with van der Waals surface area (Å²) in [5, 5.41) is 5.33. The minimum absolute atomic E-state index is 0.230. The van der Waals surface area contributed by atoms with E-state index in [0.717, 1.165) is 11.3 Å². The molecular weight excluding hydrogens is 340 g/mol. The molecule has 0 saturated carbocycles. The van der Waals surface area contributed by atoms with Crippen LogP contribution in [0.3, 0.4) is 0 Å². The quantitative estimate of drug-likeness (QED) is 0.668. The second-order valence-corrected chi connectivity index (χ2v) is 6.66. The molecule has 0 aliphatic heterocycles.